The van der Waals surface area contributed by atoms with Gasteiger partial charge in [0.25, 0.3) is 5.69 Å². The van der Waals surface area contributed by atoms with Gasteiger partial charge in [-0.25, -0.2) is 9.18 Å². The van der Waals surface area contributed by atoms with E-state index >= 15 is 0 Å². The number of hydrogen-bond acceptors (Lipinski definition) is 5. The molecule has 29 heavy (non-hydrogen) atoms. The number of esters is 1. The van der Waals surface area contributed by atoms with Gasteiger partial charge in [-0.3, -0.25) is 10.1 Å². The number of carbonyl (C=O) groups excluding carboxylic acids is 1. The largest absolute Gasteiger partial charge is 0.480 e. The van der Waals surface area contributed by atoms with E-state index in [1.807, 2.05) is 0 Å². The van der Waals surface area contributed by atoms with Crippen LogP contribution in [0, 0.1) is 15.9 Å². The van der Waals surface area contributed by atoms with Crippen LogP contribution in [-0.2, 0) is 4.74 Å². The summed E-state index contributed by atoms with van der Waals surface area (Å²) in [6.45, 7) is 0. The van der Waals surface area contributed by atoms with Gasteiger partial charge in [0, 0.05) is 17.2 Å². The van der Waals surface area contributed by atoms with Gasteiger partial charge in [0.1, 0.15) is 23.2 Å². The number of carbonyl (C=O) groups is 1. The molecule has 0 saturated heterocycles. The Kier molecular flexibility index (Phi) is 6.09. The summed E-state index contributed by atoms with van der Waals surface area (Å²) in [5, 5.41) is 11.6. The number of methoxy groups -OCH3 is 1. The van der Waals surface area contributed by atoms with Crippen LogP contribution < -0.4 is 4.74 Å². The minimum atomic E-state index is -0.798. The summed E-state index contributed by atoms with van der Waals surface area (Å²) in [7, 11) is 1.16. The number of halogens is 2. The zero-order valence-electron chi connectivity index (χ0n) is 15.2. The average molecular weight is 416 g/mol. The first-order chi connectivity index (χ1) is 13.9. The molecule has 0 aliphatic carbocycles. The number of hydrogen-bond donors (Lipinski definition) is 0. The predicted octanol–water partition coefficient (Wildman–Crippen LogP) is 5.34. The van der Waals surface area contributed by atoms with Crippen LogP contribution in [0.2, 0.25) is 5.02 Å². The Bertz CT molecular complexity index is 1060. The first-order valence-electron chi connectivity index (χ1n) is 8.43. The molecule has 1 unspecified atom stereocenters. The quantitative estimate of drug-likeness (QED) is 0.308. The molecular weight excluding hydrogens is 401 g/mol. The highest BCUT2D eigenvalue weighted by Crippen LogP contribution is 2.33. The van der Waals surface area contributed by atoms with Gasteiger partial charge in [-0.1, -0.05) is 35.9 Å². The first-order valence-corrected chi connectivity index (χ1v) is 8.81. The van der Waals surface area contributed by atoms with Crippen LogP contribution in [0.1, 0.15) is 27.6 Å². The number of ether oxygens (including phenoxy) is 2. The van der Waals surface area contributed by atoms with E-state index in [2.05, 4.69) is 0 Å². The van der Waals surface area contributed by atoms with Gasteiger partial charge in [-0.05, 0) is 41.5 Å². The molecule has 0 radical (unpaired) electrons. The maximum atomic E-state index is 13.8. The minimum Gasteiger partial charge on any atom is -0.480 e. The molecule has 0 N–H and O–H groups in total. The number of benzene rings is 3. The molecule has 0 aromatic heterocycles. The third-order valence-corrected chi connectivity index (χ3v) is 4.40. The molecule has 0 saturated carbocycles. The maximum absolute atomic E-state index is 13.8. The summed E-state index contributed by atoms with van der Waals surface area (Å²) < 4.78 is 24.6. The molecular formula is C21H15ClFNO5. The standard InChI is InChI=1S/C21H15ClFNO5/c1-28-21(25)18-12-17(24(26)27)9-10-19(18)29-20(13-5-7-15(22)8-6-13)14-3-2-4-16(23)11-14/h2-12,20H,1H3. The van der Waals surface area contributed by atoms with Crippen LogP contribution in [-0.4, -0.2) is 18.0 Å². The lowest BCUT2D eigenvalue weighted by Gasteiger charge is -2.21. The van der Waals surface area contributed by atoms with E-state index in [1.54, 1.807) is 30.3 Å². The van der Waals surface area contributed by atoms with Crippen molar-refractivity contribution in [3.05, 3.63) is 104 Å². The Balaban J connectivity index is 2.09. The Hall–Kier alpha value is -3.45. The van der Waals surface area contributed by atoms with E-state index in [1.165, 1.54) is 30.3 Å². The Morgan fingerprint density at radius 1 is 1.07 bits per heavy atom. The first kappa shape index (κ1) is 20.3. The van der Waals surface area contributed by atoms with Crippen molar-refractivity contribution in [3.63, 3.8) is 0 Å². The summed E-state index contributed by atoms with van der Waals surface area (Å²) in [4.78, 5) is 22.6. The second kappa shape index (κ2) is 8.70. The van der Waals surface area contributed by atoms with Crippen molar-refractivity contribution in [1.29, 1.82) is 0 Å². The van der Waals surface area contributed by atoms with Gasteiger partial charge in [-0.2, -0.15) is 0 Å². The van der Waals surface area contributed by atoms with Gasteiger partial charge in [-0.15, -0.1) is 0 Å². The van der Waals surface area contributed by atoms with Crippen molar-refractivity contribution in [2.45, 2.75) is 6.10 Å². The maximum Gasteiger partial charge on any atom is 0.341 e. The third kappa shape index (κ3) is 4.70. The summed E-state index contributed by atoms with van der Waals surface area (Å²) >= 11 is 5.95. The molecule has 3 rings (SSSR count). The van der Waals surface area contributed by atoms with Gasteiger partial charge in [0.2, 0.25) is 0 Å². The van der Waals surface area contributed by atoms with Crippen molar-refractivity contribution < 1.29 is 23.6 Å². The van der Waals surface area contributed by atoms with E-state index in [-0.39, 0.29) is 17.0 Å². The Morgan fingerprint density at radius 3 is 2.41 bits per heavy atom. The van der Waals surface area contributed by atoms with E-state index < -0.39 is 22.8 Å². The molecule has 0 amide bonds. The monoisotopic (exact) mass is 415 g/mol. The number of nitro benzene ring substituents is 1. The molecule has 0 aliphatic rings. The molecule has 1 atom stereocenters. The summed E-state index contributed by atoms with van der Waals surface area (Å²) in [6.07, 6.45) is -0.798. The number of nitrogens with zero attached hydrogens (tertiary/aromatic N) is 1. The van der Waals surface area contributed by atoms with Crippen LogP contribution in [0.25, 0.3) is 0 Å². The van der Waals surface area contributed by atoms with Gasteiger partial charge in [0.15, 0.2) is 0 Å². The van der Waals surface area contributed by atoms with Gasteiger partial charge < -0.3 is 9.47 Å². The molecule has 6 nitrogen and oxygen atoms in total. The zero-order valence-corrected chi connectivity index (χ0v) is 15.9. The highest BCUT2D eigenvalue weighted by atomic mass is 35.5. The summed E-state index contributed by atoms with van der Waals surface area (Å²) in [6, 6.07) is 16.1. The van der Waals surface area contributed by atoms with E-state index in [9.17, 15) is 19.3 Å². The predicted molar refractivity (Wildman–Crippen MR) is 105 cm³/mol. The van der Waals surface area contributed by atoms with Gasteiger partial charge in [0.05, 0.1) is 12.0 Å². The van der Waals surface area contributed by atoms with E-state index in [0.29, 0.717) is 16.1 Å². The summed E-state index contributed by atoms with van der Waals surface area (Å²) in [5.74, 6) is -1.19. The number of nitro groups is 1. The van der Waals surface area contributed by atoms with Crippen LogP contribution in [0.3, 0.4) is 0 Å². The Labute approximate surface area is 170 Å². The molecule has 0 fully saturated rings. The lowest BCUT2D eigenvalue weighted by molar-refractivity contribution is -0.384. The number of rotatable bonds is 6. The smallest absolute Gasteiger partial charge is 0.341 e. The van der Waals surface area contributed by atoms with Crippen molar-refractivity contribution in [1.82, 2.24) is 0 Å². The van der Waals surface area contributed by atoms with Crippen molar-refractivity contribution in [3.8, 4) is 5.75 Å². The normalized spacial score (nSPS) is 11.6. The fourth-order valence-electron chi connectivity index (χ4n) is 2.77. The number of non-ortho nitro benzene ring substituents is 1. The lowest BCUT2D eigenvalue weighted by atomic mass is 10.0. The molecule has 0 aliphatic heterocycles. The molecule has 0 bridgehead atoms. The molecule has 3 aromatic carbocycles. The SMILES string of the molecule is COC(=O)c1cc([N+](=O)[O-])ccc1OC(c1ccc(Cl)cc1)c1cccc(F)c1. The fraction of sp³-hybridized carbons (Fsp3) is 0.0952. The van der Waals surface area contributed by atoms with E-state index in [0.717, 1.165) is 13.2 Å². The fourth-order valence-corrected chi connectivity index (χ4v) is 2.89. The molecule has 148 valence electrons. The van der Waals surface area contributed by atoms with E-state index in [4.69, 9.17) is 21.1 Å². The lowest BCUT2D eigenvalue weighted by Crippen LogP contribution is -2.13. The van der Waals surface area contributed by atoms with Crippen LogP contribution in [0.4, 0.5) is 10.1 Å². The summed E-state index contributed by atoms with van der Waals surface area (Å²) in [5.41, 5.74) is 0.735. The van der Waals surface area contributed by atoms with Crippen LogP contribution in [0.15, 0.2) is 66.7 Å². The second-order valence-corrected chi connectivity index (χ2v) is 6.47. The molecule has 0 spiro atoms. The second-order valence-electron chi connectivity index (χ2n) is 6.03. The van der Waals surface area contributed by atoms with Gasteiger partial charge >= 0.3 is 5.97 Å². The highest BCUT2D eigenvalue weighted by Gasteiger charge is 2.23. The third-order valence-electron chi connectivity index (χ3n) is 4.15. The Morgan fingerprint density at radius 2 is 1.79 bits per heavy atom. The minimum absolute atomic E-state index is 0.0617. The average Bonchev–Trinajstić information content (AvgIpc) is 2.72. The van der Waals surface area contributed by atoms with Crippen LogP contribution >= 0.6 is 11.6 Å². The molecule has 0 heterocycles. The topological polar surface area (TPSA) is 78.7 Å². The molecule has 8 heteroatoms. The zero-order chi connectivity index (χ0) is 21.0. The highest BCUT2D eigenvalue weighted by molar-refractivity contribution is 6.30. The van der Waals surface area contributed by atoms with Crippen LogP contribution in [0.5, 0.6) is 5.75 Å². The molecule has 3 aromatic rings. The van der Waals surface area contributed by atoms with Crippen molar-refractivity contribution in [2.75, 3.05) is 7.11 Å². The van der Waals surface area contributed by atoms with Crippen molar-refractivity contribution >= 4 is 23.3 Å². The van der Waals surface area contributed by atoms with Crippen molar-refractivity contribution in [2.24, 2.45) is 0 Å².